The molecule has 4 aromatic rings. The quantitative estimate of drug-likeness (QED) is 0.269. The van der Waals surface area contributed by atoms with E-state index < -0.39 is 17.6 Å². The number of benzene rings is 2. The predicted molar refractivity (Wildman–Crippen MR) is 137 cm³/mol. The largest absolute Gasteiger partial charge is 0.469 e. The Balaban J connectivity index is 1.40. The molecule has 2 aromatic heterocycles. The molecule has 10 heteroatoms. The standard InChI is InChI=1S/C28H26ClF3N2O4/c1-37-27(36)17-4-2-16(3-5-17)14-33-26(35)23-13-20(28(30,31)32)10-18-8-9-34(25(18)23)15-22-12-19-11-21(29)6-7-24(19)38-22/h6-13,16-17H,2-5,14-15H2,1H3,(H,33,35). The molecule has 0 saturated heterocycles. The van der Waals surface area contributed by atoms with E-state index in [1.54, 1.807) is 35.0 Å². The second-order valence-electron chi connectivity index (χ2n) is 9.75. The van der Waals surface area contributed by atoms with Gasteiger partial charge in [-0.15, -0.1) is 0 Å². The van der Waals surface area contributed by atoms with Gasteiger partial charge in [-0.05, 0) is 74.1 Å². The highest BCUT2D eigenvalue weighted by molar-refractivity contribution is 6.31. The Labute approximate surface area is 221 Å². The van der Waals surface area contributed by atoms with Crippen LogP contribution in [0, 0.1) is 11.8 Å². The topological polar surface area (TPSA) is 73.5 Å². The summed E-state index contributed by atoms with van der Waals surface area (Å²) >= 11 is 6.07. The average Bonchev–Trinajstić information content (AvgIpc) is 3.49. The summed E-state index contributed by atoms with van der Waals surface area (Å²) in [5.74, 6) is -0.240. The first-order chi connectivity index (χ1) is 18.1. The molecular weight excluding hydrogens is 521 g/mol. The highest BCUT2D eigenvalue weighted by atomic mass is 35.5. The summed E-state index contributed by atoms with van der Waals surface area (Å²) < 4.78 is 53.4. The lowest BCUT2D eigenvalue weighted by atomic mass is 9.82. The Morgan fingerprint density at radius 2 is 1.84 bits per heavy atom. The Hall–Kier alpha value is -3.46. The molecule has 1 fully saturated rings. The summed E-state index contributed by atoms with van der Waals surface area (Å²) in [6, 6.07) is 10.6. The number of carbonyl (C=O) groups excluding carboxylic acids is 2. The van der Waals surface area contributed by atoms with Crippen LogP contribution in [0.5, 0.6) is 0 Å². The van der Waals surface area contributed by atoms with Crippen LogP contribution in [0.2, 0.25) is 5.02 Å². The predicted octanol–water partition coefficient (Wildman–Crippen LogP) is 6.82. The van der Waals surface area contributed by atoms with Crippen molar-refractivity contribution in [3.63, 3.8) is 0 Å². The third kappa shape index (κ3) is 5.38. The van der Waals surface area contributed by atoms with Crippen LogP contribution in [0.25, 0.3) is 21.9 Å². The summed E-state index contributed by atoms with van der Waals surface area (Å²) in [7, 11) is 1.37. The van der Waals surface area contributed by atoms with Gasteiger partial charge in [0.2, 0.25) is 0 Å². The first-order valence-electron chi connectivity index (χ1n) is 12.4. The van der Waals surface area contributed by atoms with Crippen LogP contribution in [0.4, 0.5) is 13.2 Å². The van der Waals surface area contributed by atoms with Gasteiger partial charge in [-0.3, -0.25) is 9.59 Å². The van der Waals surface area contributed by atoms with E-state index in [4.69, 9.17) is 20.8 Å². The van der Waals surface area contributed by atoms with Crippen LogP contribution >= 0.6 is 11.6 Å². The highest BCUT2D eigenvalue weighted by Crippen LogP contribution is 2.35. The minimum absolute atomic E-state index is 0.0535. The molecule has 1 aliphatic carbocycles. The van der Waals surface area contributed by atoms with E-state index in [1.807, 2.05) is 6.07 Å². The van der Waals surface area contributed by atoms with Gasteiger partial charge in [-0.2, -0.15) is 13.2 Å². The summed E-state index contributed by atoms with van der Waals surface area (Å²) in [6.45, 7) is 0.536. The van der Waals surface area contributed by atoms with Crippen LogP contribution in [0.3, 0.4) is 0 Å². The lowest BCUT2D eigenvalue weighted by Crippen LogP contribution is -2.33. The van der Waals surface area contributed by atoms with Gasteiger partial charge < -0.3 is 19.0 Å². The monoisotopic (exact) mass is 546 g/mol. The zero-order chi connectivity index (χ0) is 27.0. The summed E-state index contributed by atoms with van der Waals surface area (Å²) in [5.41, 5.74) is 0.0931. The van der Waals surface area contributed by atoms with Crippen molar-refractivity contribution in [2.45, 2.75) is 38.4 Å². The zero-order valence-corrected chi connectivity index (χ0v) is 21.4. The Morgan fingerprint density at radius 1 is 1.08 bits per heavy atom. The van der Waals surface area contributed by atoms with E-state index in [0.29, 0.717) is 46.7 Å². The van der Waals surface area contributed by atoms with Gasteiger partial charge in [0.05, 0.1) is 36.2 Å². The number of amides is 1. The van der Waals surface area contributed by atoms with Crippen molar-refractivity contribution in [2.24, 2.45) is 11.8 Å². The van der Waals surface area contributed by atoms with E-state index in [2.05, 4.69) is 5.32 Å². The van der Waals surface area contributed by atoms with Crippen molar-refractivity contribution in [2.75, 3.05) is 13.7 Å². The van der Waals surface area contributed by atoms with Crippen LogP contribution in [0.1, 0.15) is 47.4 Å². The van der Waals surface area contributed by atoms with Crippen molar-refractivity contribution in [1.82, 2.24) is 9.88 Å². The minimum atomic E-state index is -4.60. The molecule has 1 amide bonds. The highest BCUT2D eigenvalue weighted by Gasteiger charge is 2.33. The first kappa shape index (κ1) is 26.2. The van der Waals surface area contributed by atoms with Gasteiger partial charge >= 0.3 is 12.1 Å². The number of carbonyl (C=O) groups is 2. The number of aromatic nitrogens is 1. The van der Waals surface area contributed by atoms with E-state index in [9.17, 15) is 22.8 Å². The van der Waals surface area contributed by atoms with Crippen molar-refractivity contribution in [1.29, 1.82) is 0 Å². The summed E-state index contributed by atoms with van der Waals surface area (Å²) in [6.07, 6.45) is -0.181. The fourth-order valence-electron chi connectivity index (χ4n) is 5.23. The molecule has 0 radical (unpaired) electrons. The molecule has 2 heterocycles. The molecule has 6 nitrogen and oxygen atoms in total. The van der Waals surface area contributed by atoms with Gasteiger partial charge in [-0.1, -0.05) is 11.6 Å². The smallest absolute Gasteiger partial charge is 0.416 e. The number of nitrogens with zero attached hydrogens (tertiary/aromatic N) is 1. The normalized spacial score (nSPS) is 18.1. The van der Waals surface area contributed by atoms with Crippen molar-refractivity contribution in [3.8, 4) is 0 Å². The number of halogens is 4. The molecule has 0 aliphatic heterocycles. The van der Waals surface area contributed by atoms with Crippen molar-refractivity contribution < 1.29 is 31.9 Å². The number of esters is 1. The number of furan rings is 1. The number of hydrogen-bond donors (Lipinski definition) is 1. The van der Waals surface area contributed by atoms with Crippen LogP contribution in [0.15, 0.2) is 53.1 Å². The number of nitrogens with one attached hydrogen (secondary N) is 1. The first-order valence-corrected chi connectivity index (χ1v) is 12.7. The van der Waals surface area contributed by atoms with Crippen LogP contribution in [-0.4, -0.2) is 30.1 Å². The number of ether oxygens (including phenoxy) is 1. The lowest BCUT2D eigenvalue weighted by molar-refractivity contribution is -0.146. The number of methoxy groups -OCH3 is 1. The van der Waals surface area contributed by atoms with Crippen molar-refractivity contribution >= 4 is 45.3 Å². The molecule has 5 rings (SSSR count). The molecule has 0 spiro atoms. The Bertz CT molecular complexity index is 1500. The van der Waals surface area contributed by atoms with Gasteiger partial charge in [0.25, 0.3) is 5.91 Å². The molecule has 0 unspecified atom stereocenters. The molecule has 1 saturated carbocycles. The van der Waals surface area contributed by atoms with E-state index >= 15 is 0 Å². The van der Waals surface area contributed by atoms with E-state index in [1.165, 1.54) is 7.11 Å². The molecule has 0 bridgehead atoms. The molecule has 2 aromatic carbocycles. The van der Waals surface area contributed by atoms with Gasteiger partial charge in [0.15, 0.2) is 0 Å². The maximum atomic E-state index is 13.7. The molecule has 38 heavy (non-hydrogen) atoms. The second kappa shape index (κ2) is 10.4. The summed E-state index contributed by atoms with van der Waals surface area (Å²) in [4.78, 5) is 25.0. The van der Waals surface area contributed by atoms with Crippen molar-refractivity contribution in [3.05, 3.63) is 70.6 Å². The SMILES string of the molecule is COC(=O)C1CCC(CNC(=O)c2cc(C(F)(F)F)cc3ccn(Cc4cc5cc(Cl)ccc5o4)c23)CC1. The number of hydrogen-bond acceptors (Lipinski definition) is 4. The molecule has 200 valence electrons. The maximum absolute atomic E-state index is 13.7. The Morgan fingerprint density at radius 3 is 2.55 bits per heavy atom. The molecule has 0 atom stereocenters. The fourth-order valence-corrected chi connectivity index (χ4v) is 5.41. The van der Waals surface area contributed by atoms with Crippen LogP contribution in [-0.2, 0) is 22.3 Å². The van der Waals surface area contributed by atoms with E-state index in [0.717, 1.165) is 30.4 Å². The molecule has 1 aliphatic rings. The minimum Gasteiger partial charge on any atom is -0.469 e. The number of fused-ring (bicyclic) bond motifs is 2. The van der Waals surface area contributed by atoms with Gasteiger partial charge in [0, 0.05) is 28.5 Å². The van der Waals surface area contributed by atoms with Crippen LogP contribution < -0.4 is 5.32 Å². The van der Waals surface area contributed by atoms with Gasteiger partial charge in [-0.25, -0.2) is 0 Å². The fraction of sp³-hybridized carbons (Fsp3) is 0.357. The third-order valence-electron chi connectivity index (χ3n) is 7.22. The number of rotatable bonds is 6. The lowest BCUT2D eigenvalue weighted by Gasteiger charge is -2.27. The maximum Gasteiger partial charge on any atom is 0.416 e. The molecular formula is C28H26ClF3N2O4. The molecule has 1 N–H and O–H groups in total. The average molecular weight is 547 g/mol. The second-order valence-corrected chi connectivity index (χ2v) is 10.2. The van der Waals surface area contributed by atoms with E-state index in [-0.39, 0.29) is 29.9 Å². The summed E-state index contributed by atoms with van der Waals surface area (Å²) in [5, 5.41) is 4.51. The zero-order valence-electron chi connectivity index (χ0n) is 20.6. The number of alkyl halides is 3. The van der Waals surface area contributed by atoms with Gasteiger partial charge in [0.1, 0.15) is 11.3 Å². The third-order valence-corrected chi connectivity index (χ3v) is 7.46. The Kier molecular flexibility index (Phi) is 7.13.